The van der Waals surface area contributed by atoms with Crippen molar-refractivity contribution in [2.75, 3.05) is 6.54 Å². The van der Waals surface area contributed by atoms with Crippen LogP contribution in [-0.2, 0) is 7.05 Å². The fraction of sp³-hybridized carbons (Fsp3) is 0.188. The molecule has 0 aliphatic heterocycles. The summed E-state index contributed by atoms with van der Waals surface area (Å²) in [5.41, 5.74) is 1.96. The quantitative estimate of drug-likeness (QED) is 0.785. The maximum Gasteiger partial charge on any atom is 0.255 e. The molecule has 1 N–H and O–H groups in total. The molecule has 0 radical (unpaired) electrons. The topological polar surface area (TPSA) is 59.8 Å². The molecule has 3 rings (SSSR count). The molecular formula is C16H13ClF2N4O. The second kappa shape index (κ2) is 6.52. The first-order chi connectivity index (χ1) is 11.5. The van der Waals surface area contributed by atoms with E-state index in [0.717, 1.165) is 5.56 Å². The average molecular weight is 351 g/mol. The van der Waals surface area contributed by atoms with E-state index < -0.39 is 18.9 Å². The van der Waals surface area contributed by atoms with Gasteiger partial charge in [0.05, 0.1) is 17.1 Å². The number of fused-ring (bicyclic) bond motifs is 1. The first kappa shape index (κ1) is 16.3. The molecule has 0 aliphatic rings. The summed E-state index contributed by atoms with van der Waals surface area (Å²) in [6.45, 7) is -0.704. The molecule has 0 unspecified atom stereocenters. The molecule has 124 valence electrons. The fourth-order valence-electron chi connectivity index (χ4n) is 2.36. The van der Waals surface area contributed by atoms with Crippen LogP contribution in [0.1, 0.15) is 10.4 Å². The van der Waals surface area contributed by atoms with Crippen molar-refractivity contribution in [1.82, 2.24) is 19.9 Å². The molecule has 0 atom stereocenters. The number of nitrogens with zero attached hydrogens (tertiary/aromatic N) is 3. The van der Waals surface area contributed by atoms with Crippen LogP contribution in [0.5, 0.6) is 0 Å². The third kappa shape index (κ3) is 3.07. The molecule has 0 aliphatic carbocycles. The minimum atomic E-state index is -2.60. The molecule has 24 heavy (non-hydrogen) atoms. The summed E-state index contributed by atoms with van der Waals surface area (Å²) in [5, 5.41) is 2.69. The molecule has 1 aromatic carbocycles. The molecular weight excluding hydrogens is 338 g/mol. The predicted molar refractivity (Wildman–Crippen MR) is 87.3 cm³/mol. The van der Waals surface area contributed by atoms with E-state index in [1.807, 2.05) is 18.2 Å². The Hall–Kier alpha value is -2.54. The molecule has 1 amide bonds. The number of aromatic nitrogens is 3. The van der Waals surface area contributed by atoms with E-state index >= 15 is 0 Å². The van der Waals surface area contributed by atoms with Crippen molar-refractivity contribution in [2.24, 2.45) is 7.05 Å². The van der Waals surface area contributed by atoms with Crippen LogP contribution < -0.4 is 5.32 Å². The number of rotatable bonds is 4. The van der Waals surface area contributed by atoms with Gasteiger partial charge in [-0.25, -0.2) is 18.7 Å². The first-order valence-electron chi connectivity index (χ1n) is 7.11. The third-order valence-electron chi connectivity index (χ3n) is 3.50. The van der Waals surface area contributed by atoms with Gasteiger partial charge in [-0.15, -0.1) is 0 Å². The highest BCUT2D eigenvalue weighted by atomic mass is 35.5. The summed E-state index contributed by atoms with van der Waals surface area (Å²) in [6, 6.07) is 8.77. The van der Waals surface area contributed by atoms with Crippen LogP contribution in [0.25, 0.3) is 22.6 Å². The summed E-state index contributed by atoms with van der Waals surface area (Å²) in [6.07, 6.45) is -1.27. The Balaban J connectivity index is 2.00. The van der Waals surface area contributed by atoms with Crippen LogP contribution in [0, 0.1) is 0 Å². The lowest BCUT2D eigenvalue weighted by Crippen LogP contribution is -2.28. The van der Waals surface area contributed by atoms with Gasteiger partial charge < -0.3 is 9.88 Å². The lowest BCUT2D eigenvalue weighted by molar-refractivity contribution is 0.0891. The molecule has 8 heteroatoms. The number of hydrogen-bond donors (Lipinski definition) is 1. The standard InChI is InChI=1S/C16H13ClF2N4O/c1-23-14(10-4-2-3-5-11(10)17)22-12-6-9(7-20-15(12)23)16(24)21-8-13(18)19/h2-7,13H,8H2,1H3,(H,21,24). The van der Waals surface area contributed by atoms with Crippen LogP contribution >= 0.6 is 11.6 Å². The summed E-state index contributed by atoms with van der Waals surface area (Å²) >= 11 is 6.20. The van der Waals surface area contributed by atoms with Crippen LogP contribution in [0.2, 0.25) is 5.02 Å². The summed E-state index contributed by atoms with van der Waals surface area (Å²) in [7, 11) is 1.79. The van der Waals surface area contributed by atoms with Crippen molar-refractivity contribution < 1.29 is 13.6 Å². The number of pyridine rings is 1. The highest BCUT2D eigenvalue weighted by molar-refractivity contribution is 6.33. The number of alkyl halides is 2. The molecule has 0 bridgehead atoms. The Morgan fingerprint density at radius 1 is 1.38 bits per heavy atom. The second-order valence-electron chi connectivity index (χ2n) is 5.14. The van der Waals surface area contributed by atoms with Crippen molar-refractivity contribution in [2.45, 2.75) is 6.43 Å². The molecule has 0 saturated carbocycles. The Labute approximate surface area is 141 Å². The maximum atomic E-state index is 12.2. The average Bonchev–Trinajstić information content (AvgIpc) is 2.89. The number of carbonyl (C=O) groups excluding carboxylic acids is 1. The zero-order valence-corrected chi connectivity index (χ0v) is 13.4. The number of amides is 1. The van der Waals surface area contributed by atoms with E-state index in [4.69, 9.17) is 11.6 Å². The summed E-state index contributed by atoms with van der Waals surface area (Å²) in [5.74, 6) is -0.0112. The zero-order chi connectivity index (χ0) is 17.3. The van der Waals surface area contributed by atoms with E-state index in [-0.39, 0.29) is 5.56 Å². The SMILES string of the molecule is Cn1c(-c2ccccc2Cl)nc2cc(C(=O)NCC(F)F)cnc21. The number of hydrogen-bond acceptors (Lipinski definition) is 3. The lowest BCUT2D eigenvalue weighted by atomic mass is 10.2. The summed E-state index contributed by atoms with van der Waals surface area (Å²) in [4.78, 5) is 20.6. The second-order valence-corrected chi connectivity index (χ2v) is 5.55. The Bertz CT molecular complexity index is 910. The minimum absolute atomic E-state index is 0.173. The molecule has 3 aromatic rings. The number of benzene rings is 1. The number of carbonyl (C=O) groups is 1. The smallest absolute Gasteiger partial charge is 0.255 e. The molecule has 5 nitrogen and oxygen atoms in total. The number of imidazole rings is 1. The summed E-state index contributed by atoms with van der Waals surface area (Å²) < 4.78 is 26.1. The highest BCUT2D eigenvalue weighted by Crippen LogP contribution is 2.28. The predicted octanol–water partition coefficient (Wildman–Crippen LogP) is 3.28. The molecule has 2 aromatic heterocycles. The number of aryl methyl sites for hydroxylation is 1. The third-order valence-corrected chi connectivity index (χ3v) is 3.83. The first-order valence-corrected chi connectivity index (χ1v) is 7.49. The number of nitrogens with one attached hydrogen (secondary N) is 1. The van der Waals surface area contributed by atoms with E-state index in [1.165, 1.54) is 12.3 Å². The van der Waals surface area contributed by atoms with Gasteiger partial charge in [-0.3, -0.25) is 4.79 Å². The van der Waals surface area contributed by atoms with Gasteiger partial charge >= 0.3 is 0 Å². The molecule has 2 heterocycles. The van der Waals surface area contributed by atoms with Gasteiger partial charge in [0.2, 0.25) is 0 Å². The van der Waals surface area contributed by atoms with Crippen molar-refractivity contribution in [3.05, 3.63) is 47.1 Å². The zero-order valence-electron chi connectivity index (χ0n) is 12.6. The van der Waals surface area contributed by atoms with Crippen molar-refractivity contribution in [1.29, 1.82) is 0 Å². The van der Waals surface area contributed by atoms with Crippen molar-refractivity contribution >= 4 is 28.7 Å². The van der Waals surface area contributed by atoms with E-state index in [1.54, 1.807) is 17.7 Å². The van der Waals surface area contributed by atoms with Gasteiger partial charge in [0, 0.05) is 18.8 Å². The van der Waals surface area contributed by atoms with Crippen molar-refractivity contribution in [3.8, 4) is 11.4 Å². The van der Waals surface area contributed by atoms with Crippen LogP contribution in [-0.4, -0.2) is 33.4 Å². The van der Waals surface area contributed by atoms with E-state index in [0.29, 0.717) is 22.0 Å². The fourth-order valence-corrected chi connectivity index (χ4v) is 2.58. The Morgan fingerprint density at radius 2 is 2.12 bits per heavy atom. The normalized spacial score (nSPS) is 11.2. The van der Waals surface area contributed by atoms with Crippen molar-refractivity contribution in [3.63, 3.8) is 0 Å². The number of halogens is 3. The maximum absolute atomic E-state index is 12.2. The van der Waals surface area contributed by atoms with Gasteiger partial charge in [-0.1, -0.05) is 23.7 Å². The lowest BCUT2D eigenvalue weighted by Gasteiger charge is -2.04. The van der Waals surface area contributed by atoms with Gasteiger partial charge in [0.1, 0.15) is 11.3 Å². The monoisotopic (exact) mass is 350 g/mol. The minimum Gasteiger partial charge on any atom is -0.346 e. The van der Waals surface area contributed by atoms with Gasteiger partial charge in [0.25, 0.3) is 12.3 Å². The van der Waals surface area contributed by atoms with Gasteiger partial charge in [-0.05, 0) is 18.2 Å². The molecule has 0 spiro atoms. The highest BCUT2D eigenvalue weighted by Gasteiger charge is 2.16. The van der Waals surface area contributed by atoms with Crippen LogP contribution in [0.3, 0.4) is 0 Å². The largest absolute Gasteiger partial charge is 0.346 e. The van der Waals surface area contributed by atoms with Crippen LogP contribution in [0.15, 0.2) is 36.5 Å². The van der Waals surface area contributed by atoms with E-state index in [9.17, 15) is 13.6 Å². The molecule has 0 saturated heterocycles. The van der Waals surface area contributed by atoms with E-state index in [2.05, 4.69) is 15.3 Å². The molecule has 0 fully saturated rings. The van der Waals surface area contributed by atoms with Gasteiger partial charge in [0.15, 0.2) is 5.65 Å². The van der Waals surface area contributed by atoms with Crippen LogP contribution in [0.4, 0.5) is 8.78 Å². The van der Waals surface area contributed by atoms with Gasteiger partial charge in [-0.2, -0.15) is 0 Å². The Morgan fingerprint density at radius 3 is 2.83 bits per heavy atom. The Kier molecular flexibility index (Phi) is 4.44.